The first-order chi connectivity index (χ1) is 20.1. The van der Waals surface area contributed by atoms with Gasteiger partial charge in [-0.1, -0.05) is 37.3 Å². The van der Waals surface area contributed by atoms with Gasteiger partial charge in [-0.2, -0.15) is 0 Å². The molecule has 10 nitrogen and oxygen atoms in total. The van der Waals surface area contributed by atoms with Crippen molar-refractivity contribution in [2.45, 2.75) is 40.2 Å². The van der Waals surface area contributed by atoms with Gasteiger partial charge in [0.15, 0.2) is 27.8 Å². The lowest BCUT2D eigenvalue weighted by molar-refractivity contribution is -0.136. The van der Waals surface area contributed by atoms with Crippen LogP contribution in [0.15, 0.2) is 57.5 Å². The first kappa shape index (κ1) is 30.6. The second kappa shape index (κ2) is 13.1. The Kier molecular flexibility index (Phi) is 9.52. The lowest BCUT2D eigenvalue weighted by Gasteiger charge is -2.25. The highest BCUT2D eigenvalue weighted by Crippen LogP contribution is 2.36. The highest BCUT2D eigenvalue weighted by atomic mass is 32.1. The zero-order valence-corrected chi connectivity index (χ0v) is 25.5. The molecule has 0 saturated carbocycles. The maximum Gasteiger partial charge on any atom is 0.338 e. The Morgan fingerprint density at radius 3 is 2.36 bits per heavy atom. The van der Waals surface area contributed by atoms with E-state index in [1.54, 1.807) is 38.3 Å². The smallest absolute Gasteiger partial charge is 0.338 e. The van der Waals surface area contributed by atoms with E-state index in [-0.39, 0.29) is 22.6 Å². The fourth-order valence-corrected chi connectivity index (χ4v) is 5.60. The highest BCUT2D eigenvalue weighted by Gasteiger charge is 2.33. The highest BCUT2D eigenvalue weighted by molar-refractivity contribution is 7.07. The SMILES string of the molecule is COC(=O)C1=C(C)N=c2sc(=Cc3ccc(OCCC(C)C)c(OC)c3)c(=O)n2C1c1ccc(OC(C)=O)c(OC)c1. The minimum Gasteiger partial charge on any atom is -0.493 e. The van der Waals surface area contributed by atoms with Gasteiger partial charge in [0.25, 0.3) is 5.56 Å². The van der Waals surface area contributed by atoms with Gasteiger partial charge in [-0.25, -0.2) is 9.79 Å². The molecule has 0 bridgehead atoms. The van der Waals surface area contributed by atoms with Crippen molar-refractivity contribution in [3.63, 3.8) is 0 Å². The van der Waals surface area contributed by atoms with Crippen molar-refractivity contribution < 1.29 is 33.3 Å². The molecular formula is C31H34N2O8S. The van der Waals surface area contributed by atoms with Gasteiger partial charge in [0, 0.05) is 6.92 Å². The number of thiazole rings is 1. The summed E-state index contributed by atoms with van der Waals surface area (Å²) in [6, 6.07) is 9.49. The topological polar surface area (TPSA) is 115 Å². The number of methoxy groups -OCH3 is 3. The third kappa shape index (κ3) is 6.41. The Morgan fingerprint density at radius 2 is 1.71 bits per heavy atom. The normalized spacial score (nSPS) is 14.8. The van der Waals surface area contributed by atoms with Gasteiger partial charge >= 0.3 is 11.9 Å². The molecule has 1 unspecified atom stereocenters. The summed E-state index contributed by atoms with van der Waals surface area (Å²) in [6.45, 7) is 7.82. The van der Waals surface area contributed by atoms with Crippen LogP contribution in [0, 0.1) is 5.92 Å². The molecule has 0 fully saturated rings. The van der Waals surface area contributed by atoms with Crippen LogP contribution in [0.25, 0.3) is 6.08 Å². The number of fused-ring (bicyclic) bond motifs is 1. The van der Waals surface area contributed by atoms with E-state index < -0.39 is 18.0 Å². The molecule has 2 heterocycles. The zero-order valence-electron chi connectivity index (χ0n) is 24.7. The van der Waals surface area contributed by atoms with Crippen LogP contribution in [0.5, 0.6) is 23.0 Å². The number of aromatic nitrogens is 1. The van der Waals surface area contributed by atoms with E-state index in [9.17, 15) is 14.4 Å². The number of ether oxygens (including phenoxy) is 5. The number of benzene rings is 2. The van der Waals surface area contributed by atoms with Crippen molar-refractivity contribution in [1.82, 2.24) is 4.57 Å². The van der Waals surface area contributed by atoms with Crippen LogP contribution < -0.4 is 33.8 Å². The summed E-state index contributed by atoms with van der Waals surface area (Å²) in [5.41, 5.74) is 1.59. The molecule has 0 radical (unpaired) electrons. The monoisotopic (exact) mass is 594 g/mol. The standard InChI is InChI=1S/C31H34N2O8S/c1-17(2)12-13-40-22-10-8-20(14-24(22)37-5)15-26-29(35)33-28(27(30(36)39-7)18(3)32-31(33)42-26)21-9-11-23(41-19(4)34)25(16-21)38-6/h8-11,14-17,28H,12-13H2,1-7H3. The van der Waals surface area contributed by atoms with Gasteiger partial charge in [-0.05, 0) is 60.7 Å². The number of esters is 2. The van der Waals surface area contributed by atoms with Gasteiger partial charge in [0.1, 0.15) is 0 Å². The number of allylic oxidation sites excluding steroid dienone is 1. The number of hydrogen-bond acceptors (Lipinski definition) is 10. The Balaban J connectivity index is 1.83. The van der Waals surface area contributed by atoms with Crippen LogP contribution in [0.1, 0.15) is 51.3 Å². The van der Waals surface area contributed by atoms with Gasteiger partial charge < -0.3 is 23.7 Å². The second-order valence-corrected chi connectivity index (χ2v) is 11.0. The fraction of sp³-hybridized carbons (Fsp3) is 0.355. The molecule has 1 atom stereocenters. The number of hydrogen-bond donors (Lipinski definition) is 0. The summed E-state index contributed by atoms with van der Waals surface area (Å²) in [5.74, 6) is 1.06. The van der Waals surface area contributed by atoms with Crippen molar-refractivity contribution in [2.24, 2.45) is 10.9 Å². The molecule has 0 spiro atoms. The van der Waals surface area contributed by atoms with Crippen LogP contribution in [0.4, 0.5) is 0 Å². The van der Waals surface area contributed by atoms with Gasteiger partial charge in [0.05, 0.1) is 49.8 Å². The number of nitrogens with zero attached hydrogens (tertiary/aromatic N) is 2. The number of carbonyl (C=O) groups excluding carboxylic acids is 2. The first-order valence-electron chi connectivity index (χ1n) is 13.4. The maximum absolute atomic E-state index is 13.9. The predicted molar refractivity (Wildman–Crippen MR) is 158 cm³/mol. The summed E-state index contributed by atoms with van der Waals surface area (Å²) in [5, 5.41) is 0. The van der Waals surface area contributed by atoms with Crippen LogP contribution in [-0.2, 0) is 14.3 Å². The third-order valence-corrected chi connectivity index (χ3v) is 7.61. The molecule has 2 aromatic carbocycles. The van der Waals surface area contributed by atoms with E-state index in [4.69, 9.17) is 23.7 Å². The van der Waals surface area contributed by atoms with Gasteiger partial charge in [0.2, 0.25) is 0 Å². The van der Waals surface area contributed by atoms with Crippen LogP contribution in [0.3, 0.4) is 0 Å². The zero-order chi connectivity index (χ0) is 30.6. The van der Waals surface area contributed by atoms with Crippen molar-refractivity contribution in [2.75, 3.05) is 27.9 Å². The fourth-order valence-electron chi connectivity index (χ4n) is 4.55. The number of rotatable bonds is 10. The molecule has 0 N–H and O–H groups in total. The quantitative estimate of drug-likeness (QED) is 0.257. The van der Waals surface area contributed by atoms with Crippen molar-refractivity contribution in [1.29, 1.82) is 0 Å². The lowest BCUT2D eigenvalue weighted by Crippen LogP contribution is -2.39. The molecule has 1 aliphatic heterocycles. The second-order valence-electron chi connectivity index (χ2n) is 10.0. The van der Waals surface area contributed by atoms with Crippen LogP contribution >= 0.6 is 11.3 Å². The maximum atomic E-state index is 13.9. The molecule has 0 saturated heterocycles. The third-order valence-electron chi connectivity index (χ3n) is 6.62. The number of carbonyl (C=O) groups is 2. The molecule has 0 aliphatic carbocycles. The molecule has 42 heavy (non-hydrogen) atoms. The summed E-state index contributed by atoms with van der Waals surface area (Å²) in [7, 11) is 4.29. The van der Waals surface area contributed by atoms with Crippen molar-refractivity contribution in [3.05, 3.63) is 78.5 Å². The predicted octanol–water partition coefficient (Wildman–Crippen LogP) is 3.78. The molecule has 0 amide bonds. The first-order valence-corrected chi connectivity index (χ1v) is 14.2. The molecule has 3 aromatic rings. The molecule has 1 aliphatic rings. The van der Waals surface area contributed by atoms with E-state index in [1.807, 2.05) is 18.2 Å². The van der Waals surface area contributed by atoms with E-state index in [1.165, 1.54) is 37.0 Å². The van der Waals surface area contributed by atoms with E-state index >= 15 is 0 Å². The Hall–Kier alpha value is -4.38. The van der Waals surface area contributed by atoms with Crippen molar-refractivity contribution >= 4 is 29.4 Å². The summed E-state index contributed by atoms with van der Waals surface area (Å²) in [6.07, 6.45) is 2.67. The largest absolute Gasteiger partial charge is 0.493 e. The summed E-state index contributed by atoms with van der Waals surface area (Å²) < 4.78 is 29.1. The molecule has 1 aromatic heterocycles. The minimum absolute atomic E-state index is 0.211. The van der Waals surface area contributed by atoms with E-state index in [0.29, 0.717) is 44.6 Å². The molecule has 11 heteroatoms. The van der Waals surface area contributed by atoms with E-state index in [0.717, 1.165) is 12.0 Å². The molecule has 222 valence electrons. The van der Waals surface area contributed by atoms with Crippen LogP contribution in [0.2, 0.25) is 0 Å². The Bertz CT molecular complexity index is 1720. The summed E-state index contributed by atoms with van der Waals surface area (Å²) >= 11 is 1.21. The Labute approximate surface area is 247 Å². The Morgan fingerprint density at radius 1 is 1.02 bits per heavy atom. The van der Waals surface area contributed by atoms with Crippen LogP contribution in [-0.4, -0.2) is 44.4 Å². The van der Waals surface area contributed by atoms with Gasteiger partial charge in [-0.3, -0.25) is 14.2 Å². The molecular weight excluding hydrogens is 560 g/mol. The summed E-state index contributed by atoms with van der Waals surface area (Å²) in [4.78, 5) is 43.5. The van der Waals surface area contributed by atoms with Crippen molar-refractivity contribution in [3.8, 4) is 23.0 Å². The average molecular weight is 595 g/mol. The average Bonchev–Trinajstić information content (AvgIpc) is 3.26. The minimum atomic E-state index is -0.859. The lowest BCUT2D eigenvalue weighted by atomic mass is 9.95. The van der Waals surface area contributed by atoms with E-state index in [2.05, 4.69) is 18.8 Å². The molecule has 4 rings (SSSR count). The van der Waals surface area contributed by atoms with Gasteiger partial charge in [-0.15, -0.1) is 0 Å².